The molecule has 1 aliphatic heterocycles. The Kier molecular flexibility index (Phi) is 6.69. The molecular weight excluding hydrogens is 352 g/mol. The predicted molar refractivity (Wildman–Crippen MR) is 107 cm³/mol. The minimum absolute atomic E-state index is 0.159. The summed E-state index contributed by atoms with van der Waals surface area (Å²) in [4.78, 5) is 12.2. The molecule has 0 unspecified atom stereocenters. The highest BCUT2D eigenvalue weighted by atomic mass is 32.2. The molecule has 1 aromatic carbocycles. The quantitative estimate of drug-likeness (QED) is 0.793. The molecule has 2 aromatic rings. The lowest BCUT2D eigenvalue weighted by molar-refractivity contribution is 0.249. The van der Waals surface area contributed by atoms with Crippen LogP contribution >= 0.6 is 23.5 Å². The van der Waals surface area contributed by atoms with Gasteiger partial charge in [0.1, 0.15) is 0 Å². The largest absolute Gasteiger partial charge is 0.338 e. The zero-order valence-electron chi connectivity index (χ0n) is 14.4. The fraction of sp³-hybridized carbons (Fsp3) is 0.444. The van der Waals surface area contributed by atoms with E-state index < -0.39 is 0 Å². The van der Waals surface area contributed by atoms with Crippen LogP contribution in [0.3, 0.4) is 0 Å². The third-order valence-electron chi connectivity index (χ3n) is 3.91. The molecule has 0 radical (unpaired) electrons. The first-order chi connectivity index (χ1) is 12.2. The normalized spacial score (nSPS) is 16.4. The SMILES string of the molecule is C[C@@H](CNC(=O)Nc1cccc(C2SCCCS2)c1)Cn1cccn1. The highest BCUT2D eigenvalue weighted by Crippen LogP contribution is 2.43. The number of thioether (sulfide) groups is 2. The van der Waals surface area contributed by atoms with E-state index in [9.17, 15) is 4.79 Å². The number of rotatable bonds is 6. The molecular formula is C18H24N4OS2. The van der Waals surface area contributed by atoms with Crippen molar-refractivity contribution in [2.45, 2.75) is 24.5 Å². The highest BCUT2D eigenvalue weighted by molar-refractivity contribution is 8.16. The Balaban J connectivity index is 1.47. The van der Waals surface area contributed by atoms with E-state index in [1.807, 2.05) is 52.6 Å². The van der Waals surface area contributed by atoms with Crippen LogP contribution in [0.5, 0.6) is 0 Å². The van der Waals surface area contributed by atoms with Crippen molar-refractivity contribution in [1.82, 2.24) is 15.1 Å². The summed E-state index contributed by atoms with van der Waals surface area (Å²) in [5, 5.41) is 10.1. The minimum atomic E-state index is -0.159. The van der Waals surface area contributed by atoms with Gasteiger partial charge in [0, 0.05) is 31.2 Å². The van der Waals surface area contributed by atoms with Crippen molar-refractivity contribution in [3.63, 3.8) is 0 Å². The van der Waals surface area contributed by atoms with Crippen molar-refractivity contribution in [2.75, 3.05) is 23.4 Å². The van der Waals surface area contributed by atoms with Gasteiger partial charge in [-0.3, -0.25) is 4.68 Å². The van der Waals surface area contributed by atoms with Crippen molar-refractivity contribution in [3.8, 4) is 0 Å². The number of hydrogen-bond donors (Lipinski definition) is 2. The van der Waals surface area contributed by atoms with Crippen molar-refractivity contribution >= 4 is 35.2 Å². The number of carbonyl (C=O) groups excluding carboxylic acids is 1. The molecule has 1 saturated heterocycles. The fourth-order valence-corrected chi connectivity index (χ4v) is 5.55. The van der Waals surface area contributed by atoms with Gasteiger partial charge in [0.25, 0.3) is 0 Å². The Morgan fingerprint density at radius 1 is 1.36 bits per heavy atom. The van der Waals surface area contributed by atoms with Crippen LogP contribution in [0.4, 0.5) is 10.5 Å². The van der Waals surface area contributed by atoms with Crippen molar-refractivity contribution in [2.24, 2.45) is 5.92 Å². The molecule has 0 aliphatic carbocycles. The summed E-state index contributed by atoms with van der Waals surface area (Å²) in [7, 11) is 0. The number of urea groups is 1. The number of nitrogens with zero attached hydrogens (tertiary/aromatic N) is 2. The number of nitrogens with one attached hydrogen (secondary N) is 2. The molecule has 1 atom stereocenters. The molecule has 5 nitrogen and oxygen atoms in total. The Bertz CT molecular complexity index is 671. The van der Waals surface area contributed by atoms with E-state index >= 15 is 0 Å². The van der Waals surface area contributed by atoms with Gasteiger partial charge in [-0.1, -0.05) is 19.1 Å². The van der Waals surface area contributed by atoms with Gasteiger partial charge in [-0.25, -0.2) is 4.79 Å². The van der Waals surface area contributed by atoms with E-state index in [1.54, 1.807) is 6.20 Å². The monoisotopic (exact) mass is 376 g/mol. The first-order valence-corrected chi connectivity index (χ1v) is 10.7. The highest BCUT2D eigenvalue weighted by Gasteiger charge is 2.17. The summed E-state index contributed by atoms with van der Waals surface area (Å²) >= 11 is 3.97. The molecule has 0 saturated carbocycles. The van der Waals surface area contributed by atoms with Gasteiger partial charge >= 0.3 is 6.03 Å². The number of carbonyl (C=O) groups is 1. The standard InChI is InChI=1S/C18H24N4OS2/c1-14(13-22-8-3-7-20-22)12-19-18(23)21-16-6-2-5-15(11-16)17-24-9-4-10-25-17/h2-3,5-8,11,14,17H,4,9-10,12-13H2,1H3,(H2,19,21,23)/t14-/m0/s1. The average molecular weight is 377 g/mol. The van der Waals surface area contributed by atoms with Crippen LogP contribution < -0.4 is 10.6 Å². The van der Waals surface area contributed by atoms with Gasteiger partial charge < -0.3 is 10.6 Å². The van der Waals surface area contributed by atoms with Gasteiger partial charge in [-0.05, 0) is 47.6 Å². The second-order valence-electron chi connectivity index (χ2n) is 6.22. The fourth-order valence-electron chi connectivity index (χ4n) is 2.68. The van der Waals surface area contributed by atoms with Crippen LogP contribution in [0.1, 0.15) is 23.5 Å². The zero-order valence-corrected chi connectivity index (χ0v) is 16.0. The smallest absolute Gasteiger partial charge is 0.319 e. The second-order valence-corrected chi connectivity index (χ2v) is 8.95. The summed E-state index contributed by atoms with van der Waals surface area (Å²) in [6.45, 7) is 3.50. The summed E-state index contributed by atoms with van der Waals surface area (Å²) in [5.74, 6) is 2.74. The third-order valence-corrected chi connectivity index (χ3v) is 6.93. The molecule has 1 aromatic heterocycles. The molecule has 2 amide bonds. The maximum atomic E-state index is 12.2. The first-order valence-electron chi connectivity index (χ1n) is 8.56. The number of benzene rings is 1. The third kappa shape index (κ3) is 5.71. The van der Waals surface area contributed by atoms with Crippen molar-refractivity contribution < 1.29 is 4.79 Å². The maximum Gasteiger partial charge on any atom is 0.319 e. The van der Waals surface area contributed by atoms with Gasteiger partial charge in [0.05, 0.1) is 4.58 Å². The van der Waals surface area contributed by atoms with Crippen LogP contribution in [-0.2, 0) is 6.54 Å². The molecule has 0 bridgehead atoms. The van der Waals surface area contributed by atoms with E-state index in [1.165, 1.54) is 23.5 Å². The van der Waals surface area contributed by atoms with Gasteiger partial charge in [-0.2, -0.15) is 5.10 Å². The number of aromatic nitrogens is 2. The maximum absolute atomic E-state index is 12.2. The summed E-state index contributed by atoms with van der Waals surface area (Å²) in [6, 6.07) is 9.93. The molecule has 7 heteroatoms. The van der Waals surface area contributed by atoms with Gasteiger partial charge in [-0.15, -0.1) is 23.5 Å². The average Bonchev–Trinajstić information content (AvgIpc) is 3.14. The van der Waals surface area contributed by atoms with Crippen LogP contribution in [0.25, 0.3) is 0 Å². The van der Waals surface area contributed by atoms with Gasteiger partial charge in [0.15, 0.2) is 0 Å². The lowest BCUT2D eigenvalue weighted by Gasteiger charge is -2.21. The Hall–Kier alpha value is -1.60. The number of amides is 2. The molecule has 3 rings (SSSR count). The Labute approximate surface area is 157 Å². The molecule has 134 valence electrons. The minimum Gasteiger partial charge on any atom is -0.338 e. The van der Waals surface area contributed by atoms with E-state index in [0.717, 1.165) is 12.2 Å². The predicted octanol–water partition coefficient (Wildman–Crippen LogP) is 4.21. The van der Waals surface area contributed by atoms with Crippen molar-refractivity contribution in [1.29, 1.82) is 0 Å². The number of hydrogen-bond acceptors (Lipinski definition) is 4. The second kappa shape index (κ2) is 9.20. The van der Waals surface area contributed by atoms with E-state index in [2.05, 4.69) is 34.8 Å². The summed E-state index contributed by atoms with van der Waals surface area (Å²) < 4.78 is 2.36. The van der Waals surface area contributed by atoms with Crippen LogP contribution in [-0.4, -0.2) is 33.9 Å². The molecule has 1 fully saturated rings. The van der Waals surface area contributed by atoms with E-state index in [4.69, 9.17) is 0 Å². The molecule has 2 heterocycles. The zero-order chi connectivity index (χ0) is 17.5. The summed E-state index contributed by atoms with van der Waals surface area (Å²) in [5.41, 5.74) is 2.13. The Morgan fingerprint density at radius 3 is 2.96 bits per heavy atom. The van der Waals surface area contributed by atoms with Gasteiger partial charge in [0.2, 0.25) is 0 Å². The topological polar surface area (TPSA) is 59.0 Å². The van der Waals surface area contributed by atoms with Crippen LogP contribution in [0.15, 0.2) is 42.7 Å². The van der Waals surface area contributed by atoms with E-state index in [-0.39, 0.29) is 6.03 Å². The van der Waals surface area contributed by atoms with Crippen molar-refractivity contribution in [3.05, 3.63) is 48.3 Å². The first kappa shape index (κ1) is 18.2. The lowest BCUT2D eigenvalue weighted by Crippen LogP contribution is -2.33. The lowest BCUT2D eigenvalue weighted by atomic mass is 10.2. The van der Waals surface area contributed by atoms with Crippen LogP contribution in [0.2, 0.25) is 0 Å². The molecule has 0 spiro atoms. The summed E-state index contributed by atoms with van der Waals surface area (Å²) in [6.07, 6.45) is 4.98. The Morgan fingerprint density at radius 2 is 2.20 bits per heavy atom. The molecule has 25 heavy (non-hydrogen) atoms. The molecule has 2 N–H and O–H groups in total. The molecule has 1 aliphatic rings. The van der Waals surface area contributed by atoms with Crippen LogP contribution in [0, 0.1) is 5.92 Å². The number of anilines is 1. The van der Waals surface area contributed by atoms with E-state index in [0.29, 0.717) is 17.0 Å².